The summed E-state index contributed by atoms with van der Waals surface area (Å²) in [7, 11) is 0. The number of nitrogens with one attached hydrogen (secondary N) is 1. The molecule has 0 fully saturated rings. The molecule has 17 heavy (non-hydrogen) atoms. The number of aryl methyl sites for hydroxylation is 1. The van der Waals surface area contributed by atoms with Gasteiger partial charge in [-0.15, -0.1) is 0 Å². The molecule has 3 aromatic rings. The normalized spacial score (nSPS) is 10.6. The summed E-state index contributed by atoms with van der Waals surface area (Å²) in [5, 5.41) is 3.91. The molecular weight excluding hydrogens is 218 g/mol. The van der Waals surface area contributed by atoms with Crippen LogP contribution in [-0.4, -0.2) is 25.1 Å². The summed E-state index contributed by atoms with van der Waals surface area (Å²) in [4.78, 5) is 15.3. The zero-order valence-electron chi connectivity index (χ0n) is 9.08. The Morgan fingerprint density at radius 2 is 2.06 bits per heavy atom. The second-order valence-electron chi connectivity index (χ2n) is 3.54. The first-order valence-corrected chi connectivity index (χ1v) is 5.09. The summed E-state index contributed by atoms with van der Waals surface area (Å²) < 4.78 is 5.17. The summed E-state index contributed by atoms with van der Waals surface area (Å²) in [6, 6.07) is 3.65. The van der Waals surface area contributed by atoms with E-state index in [4.69, 9.17) is 4.52 Å². The smallest absolute Gasteiger partial charge is 0.276 e. The van der Waals surface area contributed by atoms with E-state index in [2.05, 4.69) is 25.1 Å². The Bertz CT molecular complexity index is 628. The van der Waals surface area contributed by atoms with Gasteiger partial charge in [0.15, 0.2) is 0 Å². The van der Waals surface area contributed by atoms with Gasteiger partial charge in [0.05, 0.1) is 6.20 Å². The molecule has 0 unspecified atom stereocenters. The monoisotopic (exact) mass is 227 g/mol. The standard InChI is InChI=1S/C11H9N5O/c1-7-13-6-9(14-7)11-15-10(16-17-11)8-2-4-12-5-3-8/h2-6H,1H3,(H,13,14). The summed E-state index contributed by atoms with van der Waals surface area (Å²) in [5.41, 5.74) is 1.58. The first-order chi connectivity index (χ1) is 8.33. The first-order valence-electron chi connectivity index (χ1n) is 5.09. The molecule has 0 radical (unpaired) electrons. The quantitative estimate of drug-likeness (QED) is 0.722. The second kappa shape index (κ2) is 3.82. The van der Waals surface area contributed by atoms with Crippen LogP contribution in [-0.2, 0) is 0 Å². The number of aromatic nitrogens is 5. The molecule has 3 rings (SSSR count). The van der Waals surface area contributed by atoms with E-state index in [1.807, 2.05) is 19.1 Å². The molecular formula is C11H9N5O. The average Bonchev–Trinajstić information content (AvgIpc) is 2.98. The fourth-order valence-corrected chi connectivity index (χ4v) is 1.48. The predicted octanol–water partition coefficient (Wildman–Crippen LogP) is 1.83. The molecule has 0 aliphatic carbocycles. The topological polar surface area (TPSA) is 80.5 Å². The lowest BCUT2D eigenvalue weighted by molar-refractivity contribution is 0.431. The van der Waals surface area contributed by atoms with Crippen LogP contribution in [0.25, 0.3) is 23.0 Å². The third kappa shape index (κ3) is 1.80. The third-order valence-corrected chi connectivity index (χ3v) is 2.30. The van der Waals surface area contributed by atoms with Gasteiger partial charge in [-0.2, -0.15) is 4.98 Å². The van der Waals surface area contributed by atoms with Crippen LogP contribution in [0.1, 0.15) is 5.82 Å². The molecule has 1 N–H and O–H groups in total. The average molecular weight is 227 g/mol. The van der Waals surface area contributed by atoms with E-state index in [0.29, 0.717) is 11.7 Å². The highest BCUT2D eigenvalue weighted by molar-refractivity contribution is 5.56. The minimum atomic E-state index is 0.428. The van der Waals surface area contributed by atoms with Gasteiger partial charge in [0, 0.05) is 18.0 Å². The molecule has 0 aliphatic heterocycles. The van der Waals surface area contributed by atoms with Gasteiger partial charge in [-0.25, -0.2) is 4.98 Å². The van der Waals surface area contributed by atoms with Crippen molar-refractivity contribution in [2.24, 2.45) is 0 Å². The molecule has 6 heteroatoms. The van der Waals surface area contributed by atoms with Crippen molar-refractivity contribution in [3.05, 3.63) is 36.5 Å². The Morgan fingerprint density at radius 3 is 2.76 bits per heavy atom. The van der Waals surface area contributed by atoms with Gasteiger partial charge in [0.1, 0.15) is 11.5 Å². The number of aromatic amines is 1. The van der Waals surface area contributed by atoms with Gasteiger partial charge in [0.25, 0.3) is 5.89 Å². The van der Waals surface area contributed by atoms with Crippen molar-refractivity contribution in [1.82, 2.24) is 25.1 Å². The van der Waals surface area contributed by atoms with Crippen molar-refractivity contribution in [3.8, 4) is 23.0 Å². The van der Waals surface area contributed by atoms with Crippen LogP contribution in [0.4, 0.5) is 0 Å². The molecule has 0 spiro atoms. The van der Waals surface area contributed by atoms with E-state index in [1.165, 1.54) is 0 Å². The molecule has 0 aromatic carbocycles. The third-order valence-electron chi connectivity index (χ3n) is 2.30. The predicted molar refractivity (Wildman–Crippen MR) is 59.8 cm³/mol. The second-order valence-corrected chi connectivity index (χ2v) is 3.54. The molecule has 3 heterocycles. The molecule has 0 atom stereocenters. The summed E-state index contributed by atoms with van der Waals surface area (Å²) in [6.07, 6.45) is 5.04. The number of rotatable bonds is 2. The summed E-state index contributed by atoms with van der Waals surface area (Å²) in [6.45, 7) is 1.86. The van der Waals surface area contributed by atoms with Crippen LogP contribution in [0, 0.1) is 6.92 Å². The molecule has 84 valence electrons. The maximum absolute atomic E-state index is 5.17. The number of imidazole rings is 1. The maximum atomic E-state index is 5.17. The molecule has 0 saturated heterocycles. The van der Waals surface area contributed by atoms with Crippen LogP contribution in [0.5, 0.6) is 0 Å². The van der Waals surface area contributed by atoms with Crippen LogP contribution in [0.2, 0.25) is 0 Å². The van der Waals surface area contributed by atoms with Crippen molar-refractivity contribution >= 4 is 0 Å². The number of pyridine rings is 1. The molecule has 3 aromatic heterocycles. The Balaban J connectivity index is 1.99. The van der Waals surface area contributed by atoms with E-state index in [-0.39, 0.29) is 0 Å². The summed E-state index contributed by atoms with van der Waals surface area (Å²) in [5.74, 6) is 1.77. The highest BCUT2D eigenvalue weighted by Crippen LogP contribution is 2.19. The zero-order chi connectivity index (χ0) is 11.7. The number of hydrogen-bond donors (Lipinski definition) is 1. The lowest BCUT2D eigenvalue weighted by Gasteiger charge is -1.89. The Labute approximate surface area is 96.7 Å². The van der Waals surface area contributed by atoms with Crippen molar-refractivity contribution in [1.29, 1.82) is 0 Å². The van der Waals surface area contributed by atoms with Gasteiger partial charge < -0.3 is 9.51 Å². The molecule has 0 aliphatic rings. The van der Waals surface area contributed by atoms with Crippen molar-refractivity contribution in [3.63, 3.8) is 0 Å². The van der Waals surface area contributed by atoms with E-state index < -0.39 is 0 Å². The molecule has 0 amide bonds. The molecule has 6 nitrogen and oxygen atoms in total. The highest BCUT2D eigenvalue weighted by atomic mass is 16.5. The van der Waals surface area contributed by atoms with Gasteiger partial charge >= 0.3 is 0 Å². The first kappa shape index (κ1) is 9.71. The SMILES string of the molecule is Cc1ncc(-c2nc(-c3ccncc3)no2)[nH]1. The van der Waals surface area contributed by atoms with E-state index >= 15 is 0 Å². The fraction of sp³-hybridized carbons (Fsp3) is 0.0909. The van der Waals surface area contributed by atoms with Crippen molar-refractivity contribution < 1.29 is 4.52 Å². The van der Waals surface area contributed by atoms with Crippen LogP contribution >= 0.6 is 0 Å². The van der Waals surface area contributed by atoms with Crippen LogP contribution < -0.4 is 0 Å². The highest BCUT2D eigenvalue weighted by Gasteiger charge is 2.11. The van der Waals surface area contributed by atoms with E-state index in [0.717, 1.165) is 17.1 Å². The van der Waals surface area contributed by atoms with Crippen LogP contribution in [0.15, 0.2) is 35.2 Å². The largest absolute Gasteiger partial charge is 0.338 e. The Hall–Kier alpha value is -2.50. The Morgan fingerprint density at radius 1 is 1.24 bits per heavy atom. The minimum absolute atomic E-state index is 0.428. The van der Waals surface area contributed by atoms with E-state index in [1.54, 1.807) is 18.6 Å². The molecule has 0 bridgehead atoms. The molecule has 0 saturated carbocycles. The van der Waals surface area contributed by atoms with Gasteiger partial charge in [0.2, 0.25) is 5.82 Å². The lowest BCUT2D eigenvalue weighted by atomic mass is 10.2. The number of hydrogen-bond acceptors (Lipinski definition) is 5. The van der Waals surface area contributed by atoms with Crippen LogP contribution in [0.3, 0.4) is 0 Å². The number of nitrogens with zero attached hydrogens (tertiary/aromatic N) is 4. The van der Waals surface area contributed by atoms with Gasteiger partial charge in [-0.3, -0.25) is 4.98 Å². The zero-order valence-corrected chi connectivity index (χ0v) is 9.08. The van der Waals surface area contributed by atoms with Gasteiger partial charge in [-0.1, -0.05) is 5.16 Å². The summed E-state index contributed by atoms with van der Waals surface area (Å²) >= 11 is 0. The van der Waals surface area contributed by atoms with Gasteiger partial charge in [-0.05, 0) is 19.1 Å². The fourth-order valence-electron chi connectivity index (χ4n) is 1.48. The van der Waals surface area contributed by atoms with Crippen molar-refractivity contribution in [2.45, 2.75) is 6.92 Å². The maximum Gasteiger partial charge on any atom is 0.276 e. The lowest BCUT2D eigenvalue weighted by Crippen LogP contribution is -1.81. The number of H-pyrrole nitrogens is 1. The van der Waals surface area contributed by atoms with E-state index in [9.17, 15) is 0 Å². The Kier molecular flexibility index (Phi) is 2.18. The minimum Gasteiger partial charge on any atom is -0.338 e. The van der Waals surface area contributed by atoms with Crippen molar-refractivity contribution in [2.75, 3.05) is 0 Å².